The van der Waals surface area contributed by atoms with Gasteiger partial charge in [0.1, 0.15) is 11.5 Å². The normalized spacial score (nSPS) is 10.5. The molecule has 0 atom stereocenters. The summed E-state index contributed by atoms with van der Waals surface area (Å²) in [6.07, 6.45) is -0.00594. The molecule has 0 radical (unpaired) electrons. The van der Waals surface area contributed by atoms with E-state index in [2.05, 4.69) is 5.32 Å². The van der Waals surface area contributed by atoms with E-state index in [9.17, 15) is 9.59 Å². The van der Waals surface area contributed by atoms with Gasteiger partial charge in [-0.25, -0.2) is 0 Å². The lowest BCUT2D eigenvalue weighted by molar-refractivity contribution is -0.123. The molecular weight excluding hydrogens is 356 g/mol. The Morgan fingerprint density at radius 3 is 2.39 bits per heavy atom. The van der Waals surface area contributed by atoms with Crippen LogP contribution in [0.5, 0.6) is 11.5 Å². The molecule has 6 nitrogen and oxygen atoms in total. The first-order chi connectivity index (χ1) is 13.4. The van der Waals surface area contributed by atoms with Crippen LogP contribution >= 0.6 is 0 Å². The number of nitrogens with one attached hydrogen (secondary N) is 1. The number of aryl methyl sites for hydroxylation is 1. The molecule has 0 spiro atoms. The van der Waals surface area contributed by atoms with Crippen molar-refractivity contribution < 1.29 is 19.1 Å². The SMILES string of the molecule is CC(=O)N(CCNC(=O)COc1ccc(C)cc1)c1ccccc1OC(C)C. The highest BCUT2D eigenvalue weighted by Crippen LogP contribution is 2.28. The van der Waals surface area contributed by atoms with E-state index < -0.39 is 0 Å². The smallest absolute Gasteiger partial charge is 0.258 e. The third-order valence-electron chi connectivity index (χ3n) is 3.95. The van der Waals surface area contributed by atoms with Gasteiger partial charge in [-0.05, 0) is 45.0 Å². The van der Waals surface area contributed by atoms with E-state index in [0.29, 0.717) is 30.3 Å². The molecule has 0 aliphatic heterocycles. The summed E-state index contributed by atoms with van der Waals surface area (Å²) in [6.45, 7) is 7.92. The maximum absolute atomic E-state index is 12.1. The third-order valence-corrected chi connectivity index (χ3v) is 3.95. The van der Waals surface area contributed by atoms with Crippen LogP contribution in [0.1, 0.15) is 26.3 Å². The van der Waals surface area contributed by atoms with Crippen LogP contribution < -0.4 is 19.7 Å². The van der Waals surface area contributed by atoms with E-state index in [1.807, 2.05) is 69.3 Å². The second-order valence-electron chi connectivity index (χ2n) is 6.76. The Morgan fingerprint density at radius 1 is 1.07 bits per heavy atom. The lowest BCUT2D eigenvalue weighted by Crippen LogP contribution is -2.39. The molecule has 0 saturated carbocycles. The number of para-hydroxylation sites is 2. The summed E-state index contributed by atoms with van der Waals surface area (Å²) in [5.41, 5.74) is 1.82. The predicted molar refractivity (Wildman–Crippen MR) is 110 cm³/mol. The summed E-state index contributed by atoms with van der Waals surface area (Å²) in [4.78, 5) is 25.7. The van der Waals surface area contributed by atoms with Crippen molar-refractivity contribution in [1.29, 1.82) is 0 Å². The number of hydrogen-bond acceptors (Lipinski definition) is 4. The van der Waals surface area contributed by atoms with E-state index in [-0.39, 0.29) is 24.5 Å². The van der Waals surface area contributed by atoms with Crippen LogP contribution in [0.25, 0.3) is 0 Å². The van der Waals surface area contributed by atoms with Gasteiger partial charge in [-0.15, -0.1) is 0 Å². The van der Waals surface area contributed by atoms with Crippen molar-refractivity contribution in [3.8, 4) is 11.5 Å². The third kappa shape index (κ3) is 6.61. The molecule has 0 unspecified atom stereocenters. The molecule has 2 amide bonds. The lowest BCUT2D eigenvalue weighted by Gasteiger charge is -2.24. The van der Waals surface area contributed by atoms with Crippen molar-refractivity contribution in [2.75, 3.05) is 24.6 Å². The number of carbonyl (C=O) groups is 2. The van der Waals surface area contributed by atoms with Gasteiger partial charge < -0.3 is 19.7 Å². The number of amides is 2. The summed E-state index contributed by atoms with van der Waals surface area (Å²) in [6, 6.07) is 14.9. The van der Waals surface area contributed by atoms with Crippen LogP contribution in [0.4, 0.5) is 5.69 Å². The molecule has 2 aromatic rings. The Morgan fingerprint density at radius 2 is 1.75 bits per heavy atom. The van der Waals surface area contributed by atoms with E-state index in [1.165, 1.54) is 6.92 Å². The Kier molecular flexibility index (Phi) is 7.87. The fourth-order valence-corrected chi connectivity index (χ4v) is 2.62. The predicted octanol–water partition coefficient (Wildman–Crippen LogP) is 3.33. The van der Waals surface area contributed by atoms with E-state index in [1.54, 1.807) is 4.90 Å². The summed E-state index contributed by atoms with van der Waals surface area (Å²) in [5.74, 6) is 0.924. The molecule has 0 saturated heterocycles. The van der Waals surface area contributed by atoms with Gasteiger partial charge in [0.05, 0.1) is 11.8 Å². The largest absolute Gasteiger partial charge is 0.489 e. The summed E-state index contributed by atoms with van der Waals surface area (Å²) in [5, 5.41) is 2.78. The molecule has 0 heterocycles. The minimum absolute atomic E-state index is 0.00594. The monoisotopic (exact) mass is 384 g/mol. The molecule has 0 aliphatic rings. The second kappa shape index (κ2) is 10.3. The zero-order valence-corrected chi connectivity index (χ0v) is 16.9. The highest BCUT2D eigenvalue weighted by atomic mass is 16.5. The Labute approximate surface area is 166 Å². The van der Waals surface area contributed by atoms with Gasteiger partial charge in [0, 0.05) is 20.0 Å². The molecule has 0 bridgehead atoms. The van der Waals surface area contributed by atoms with Gasteiger partial charge in [-0.3, -0.25) is 9.59 Å². The van der Waals surface area contributed by atoms with Crippen molar-refractivity contribution in [3.05, 3.63) is 54.1 Å². The molecule has 150 valence electrons. The van der Waals surface area contributed by atoms with E-state index in [4.69, 9.17) is 9.47 Å². The molecule has 1 N–H and O–H groups in total. The molecule has 2 rings (SSSR count). The van der Waals surface area contributed by atoms with Crippen molar-refractivity contribution in [1.82, 2.24) is 5.32 Å². The molecule has 0 fully saturated rings. The van der Waals surface area contributed by atoms with Crippen molar-refractivity contribution in [2.45, 2.75) is 33.8 Å². The van der Waals surface area contributed by atoms with Crippen molar-refractivity contribution in [3.63, 3.8) is 0 Å². The average Bonchev–Trinajstić information content (AvgIpc) is 2.65. The number of rotatable bonds is 9. The average molecular weight is 384 g/mol. The Balaban J connectivity index is 1.89. The van der Waals surface area contributed by atoms with Crippen LogP contribution in [0.15, 0.2) is 48.5 Å². The Hall–Kier alpha value is -3.02. The maximum Gasteiger partial charge on any atom is 0.258 e. The minimum Gasteiger partial charge on any atom is -0.489 e. The highest BCUT2D eigenvalue weighted by molar-refractivity contribution is 5.93. The van der Waals surface area contributed by atoms with Crippen LogP contribution in [0, 0.1) is 6.92 Å². The van der Waals surface area contributed by atoms with Gasteiger partial charge >= 0.3 is 0 Å². The van der Waals surface area contributed by atoms with Gasteiger partial charge in [0.15, 0.2) is 6.61 Å². The molecule has 0 aliphatic carbocycles. The molecule has 0 aromatic heterocycles. The number of carbonyl (C=O) groups excluding carboxylic acids is 2. The van der Waals surface area contributed by atoms with Crippen molar-refractivity contribution in [2.24, 2.45) is 0 Å². The summed E-state index contributed by atoms with van der Waals surface area (Å²) in [7, 11) is 0. The number of hydrogen-bond donors (Lipinski definition) is 1. The molecule has 28 heavy (non-hydrogen) atoms. The van der Waals surface area contributed by atoms with Gasteiger partial charge in [-0.2, -0.15) is 0 Å². The van der Waals surface area contributed by atoms with E-state index in [0.717, 1.165) is 5.56 Å². The summed E-state index contributed by atoms with van der Waals surface area (Å²) >= 11 is 0. The molecule has 2 aromatic carbocycles. The molecular formula is C22H28N2O4. The maximum atomic E-state index is 12.1. The minimum atomic E-state index is -0.240. The Bertz CT molecular complexity index is 787. The van der Waals surface area contributed by atoms with Gasteiger partial charge in [-0.1, -0.05) is 29.8 Å². The molecule has 6 heteroatoms. The van der Waals surface area contributed by atoms with Gasteiger partial charge in [0.25, 0.3) is 5.91 Å². The van der Waals surface area contributed by atoms with Crippen LogP contribution in [-0.4, -0.2) is 37.6 Å². The van der Waals surface area contributed by atoms with E-state index >= 15 is 0 Å². The van der Waals surface area contributed by atoms with Crippen LogP contribution in [0.2, 0.25) is 0 Å². The first-order valence-corrected chi connectivity index (χ1v) is 9.36. The zero-order chi connectivity index (χ0) is 20.5. The quantitative estimate of drug-likeness (QED) is 0.720. The number of anilines is 1. The fraction of sp³-hybridized carbons (Fsp3) is 0.364. The number of benzene rings is 2. The summed E-state index contributed by atoms with van der Waals surface area (Å²) < 4.78 is 11.3. The van der Waals surface area contributed by atoms with Crippen LogP contribution in [0.3, 0.4) is 0 Å². The van der Waals surface area contributed by atoms with Crippen LogP contribution in [-0.2, 0) is 9.59 Å². The first kappa shape index (κ1) is 21.3. The zero-order valence-electron chi connectivity index (χ0n) is 16.9. The highest BCUT2D eigenvalue weighted by Gasteiger charge is 2.17. The topological polar surface area (TPSA) is 67.9 Å². The standard InChI is InChI=1S/C22H28N2O4/c1-16(2)28-21-8-6-5-7-20(21)24(18(4)25)14-13-23-22(26)15-27-19-11-9-17(3)10-12-19/h5-12,16H,13-15H2,1-4H3,(H,23,26). The number of nitrogens with zero attached hydrogens (tertiary/aromatic N) is 1. The number of ether oxygens (including phenoxy) is 2. The lowest BCUT2D eigenvalue weighted by atomic mass is 10.2. The fourth-order valence-electron chi connectivity index (χ4n) is 2.62. The van der Waals surface area contributed by atoms with Gasteiger partial charge in [0.2, 0.25) is 5.91 Å². The van der Waals surface area contributed by atoms with Crippen molar-refractivity contribution >= 4 is 17.5 Å². The first-order valence-electron chi connectivity index (χ1n) is 9.36. The second-order valence-corrected chi connectivity index (χ2v) is 6.76.